The molecule has 0 radical (unpaired) electrons. The number of carboxylic acids is 1. The summed E-state index contributed by atoms with van der Waals surface area (Å²) in [7, 11) is 1.59. The van der Waals surface area contributed by atoms with Gasteiger partial charge in [-0.2, -0.15) is 0 Å². The quantitative estimate of drug-likeness (QED) is 0.428. The minimum atomic E-state index is -0.824. The van der Waals surface area contributed by atoms with Crippen molar-refractivity contribution in [3.63, 3.8) is 0 Å². The number of aliphatic hydroxyl groups excluding tert-OH is 1. The number of carboxylic acid groups (broad SMARTS) is 1. The van der Waals surface area contributed by atoms with Crippen molar-refractivity contribution in [1.82, 2.24) is 9.88 Å². The van der Waals surface area contributed by atoms with Gasteiger partial charge in [-0.25, -0.2) is 8.78 Å². The fourth-order valence-electron chi connectivity index (χ4n) is 6.04. The number of hydrogen-bond donors (Lipinski definition) is 2. The molecule has 0 unspecified atom stereocenters. The van der Waals surface area contributed by atoms with Crippen LogP contribution in [-0.4, -0.2) is 52.3 Å². The van der Waals surface area contributed by atoms with Gasteiger partial charge in [0.15, 0.2) is 0 Å². The van der Waals surface area contributed by atoms with Crippen molar-refractivity contribution in [2.24, 2.45) is 11.8 Å². The summed E-state index contributed by atoms with van der Waals surface area (Å²) in [6, 6.07) is 11.1. The smallest absolute Gasteiger partial charge is 0.308 e. The van der Waals surface area contributed by atoms with Crippen molar-refractivity contribution < 1.29 is 28.5 Å². The SMILES string of the molecule is COc1ccc2nccc([C@@H](O)CC[C@@H]3CCN(C4CC(c5cc(F)ccc5F)C4)C[C@@H]3C(=O)O)c2c1. The highest BCUT2D eigenvalue weighted by Gasteiger charge is 2.41. The Bertz CT molecular complexity index is 1280. The third kappa shape index (κ3) is 5.31. The number of fused-ring (bicyclic) bond motifs is 1. The monoisotopic (exact) mass is 510 g/mol. The van der Waals surface area contributed by atoms with E-state index in [0.717, 1.165) is 35.5 Å². The molecule has 1 aliphatic carbocycles. The van der Waals surface area contributed by atoms with E-state index in [9.17, 15) is 23.8 Å². The molecule has 8 heteroatoms. The van der Waals surface area contributed by atoms with Crippen LogP contribution in [0.2, 0.25) is 0 Å². The molecule has 2 fully saturated rings. The number of likely N-dealkylation sites (tertiary alicyclic amines) is 1. The van der Waals surface area contributed by atoms with Gasteiger partial charge in [0.25, 0.3) is 0 Å². The minimum Gasteiger partial charge on any atom is -0.497 e. The van der Waals surface area contributed by atoms with E-state index in [1.54, 1.807) is 19.4 Å². The van der Waals surface area contributed by atoms with Gasteiger partial charge in [-0.05, 0) is 104 Å². The maximum absolute atomic E-state index is 14.1. The Morgan fingerprint density at radius 1 is 1.19 bits per heavy atom. The molecule has 0 bridgehead atoms. The highest BCUT2D eigenvalue weighted by molar-refractivity contribution is 5.83. The van der Waals surface area contributed by atoms with Crippen molar-refractivity contribution in [3.05, 3.63) is 71.4 Å². The molecule has 2 aromatic carbocycles. The summed E-state index contributed by atoms with van der Waals surface area (Å²) in [4.78, 5) is 18.7. The van der Waals surface area contributed by atoms with Crippen molar-refractivity contribution >= 4 is 16.9 Å². The lowest BCUT2D eigenvalue weighted by atomic mass is 9.73. The van der Waals surface area contributed by atoms with Crippen molar-refractivity contribution in [3.8, 4) is 5.75 Å². The van der Waals surface area contributed by atoms with Crippen LogP contribution in [-0.2, 0) is 4.79 Å². The lowest BCUT2D eigenvalue weighted by molar-refractivity contribution is -0.147. The molecule has 37 heavy (non-hydrogen) atoms. The number of pyridine rings is 1. The fraction of sp³-hybridized carbons (Fsp3) is 0.448. The highest BCUT2D eigenvalue weighted by atomic mass is 19.1. The van der Waals surface area contributed by atoms with Crippen LogP contribution in [0.4, 0.5) is 8.78 Å². The first kappa shape index (κ1) is 25.5. The van der Waals surface area contributed by atoms with Gasteiger partial charge in [-0.15, -0.1) is 0 Å². The number of hydrogen-bond acceptors (Lipinski definition) is 5. The van der Waals surface area contributed by atoms with Gasteiger partial charge < -0.3 is 14.9 Å². The molecule has 3 aromatic rings. The van der Waals surface area contributed by atoms with Gasteiger partial charge in [0, 0.05) is 24.2 Å². The standard InChI is InChI=1S/C29H32F2N2O4/c1-37-21-4-6-27-24(15-21)22(8-10-32-27)28(34)7-2-17-9-11-33(16-25(17)29(35)36)20-12-18(13-20)23-14-19(30)3-5-26(23)31/h3-6,8,10,14-15,17-18,20,25,28,34H,2,7,9,11-13,16H2,1H3,(H,35,36)/t17-,18?,20?,25+,28+/m1/s1. The zero-order valence-electron chi connectivity index (χ0n) is 20.8. The lowest BCUT2D eigenvalue weighted by Crippen LogP contribution is -2.52. The average molecular weight is 511 g/mol. The predicted octanol–water partition coefficient (Wildman–Crippen LogP) is 5.30. The number of aliphatic carboxylic acids is 1. The third-order valence-electron chi connectivity index (χ3n) is 8.28. The number of carbonyl (C=O) groups is 1. The van der Waals surface area contributed by atoms with E-state index < -0.39 is 23.8 Å². The van der Waals surface area contributed by atoms with E-state index in [4.69, 9.17) is 4.74 Å². The summed E-state index contributed by atoms with van der Waals surface area (Å²) in [6.07, 6.45) is 4.12. The summed E-state index contributed by atoms with van der Waals surface area (Å²) in [5, 5.41) is 21.8. The van der Waals surface area contributed by atoms with Crippen LogP contribution in [0.5, 0.6) is 5.75 Å². The van der Waals surface area contributed by atoms with E-state index in [1.165, 1.54) is 12.1 Å². The second kappa shape index (κ2) is 10.7. The molecule has 0 amide bonds. The Balaban J connectivity index is 1.20. The summed E-state index contributed by atoms with van der Waals surface area (Å²) < 4.78 is 33.0. The Kier molecular flexibility index (Phi) is 7.40. The highest BCUT2D eigenvalue weighted by Crippen LogP contribution is 2.43. The summed E-state index contributed by atoms with van der Waals surface area (Å²) in [5.74, 6) is -1.56. The fourth-order valence-corrected chi connectivity index (χ4v) is 6.04. The summed E-state index contributed by atoms with van der Waals surface area (Å²) in [5.41, 5.74) is 1.94. The van der Waals surface area contributed by atoms with E-state index >= 15 is 0 Å². The van der Waals surface area contributed by atoms with Gasteiger partial charge in [0.05, 0.1) is 24.6 Å². The third-order valence-corrected chi connectivity index (χ3v) is 8.28. The Morgan fingerprint density at radius 2 is 2.00 bits per heavy atom. The van der Waals surface area contributed by atoms with E-state index in [1.807, 2.05) is 18.2 Å². The van der Waals surface area contributed by atoms with Crippen molar-refractivity contribution in [2.75, 3.05) is 20.2 Å². The molecule has 5 rings (SSSR count). The first-order chi connectivity index (χ1) is 17.8. The number of nitrogens with zero attached hydrogens (tertiary/aromatic N) is 2. The topological polar surface area (TPSA) is 82.9 Å². The van der Waals surface area contributed by atoms with Crippen molar-refractivity contribution in [2.45, 2.75) is 50.2 Å². The van der Waals surface area contributed by atoms with Gasteiger partial charge in [-0.1, -0.05) is 0 Å². The van der Waals surface area contributed by atoms with Gasteiger partial charge in [0.2, 0.25) is 0 Å². The molecule has 2 aliphatic rings. The molecular formula is C29H32F2N2O4. The number of rotatable bonds is 8. The first-order valence-electron chi connectivity index (χ1n) is 12.9. The zero-order chi connectivity index (χ0) is 26.1. The number of benzene rings is 2. The predicted molar refractivity (Wildman–Crippen MR) is 135 cm³/mol. The van der Waals surface area contributed by atoms with Crippen LogP contribution in [0.15, 0.2) is 48.7 Å². The molecule has 6 nitrogen and oxygen atoms in total. The van der Waals surface area contributed by atoms with Gasteiger partial charge >= 0.3 is 5.97 Å². The molecule has 1 saturated carbocycles. The number of ether oxygens (including phenoxy) is 1. The molecular weight excluding hydrogens is 478 g/mol. The van der Waals surface area contributed by atoms with Crippen LogP contribution in [0.3, 0.4) is 0 Å². The van der Waals surface area contributed by atoms with Crippen LogP contribution in [0, 0.1) is 23.5 Å². The largest absolute Gasteiger partial charge is 0.497 e. The maximum Gasteiger partial charge on any atom is 0.308 e. The molecule has 3 atom stereocenters. The van der Waals surface area contributed by atoms with E-state index in [2.05, 4.69) is 9.88 Å². The van der Waals surface area contributed by atoms with Crippen LogP contribution >= 0.6 is 0 Å². The molecule has 1 saturated heterocycles. The Labute approximate surface area is 214 Å². The second-order valence-electron chi connectivity index (χ2n) is 10.4. The maximum atomic E-state index is 14.1. The Hall–Kier alpha value is -3.10. The number of methoxy groups -OCH3 is 1. The molecule has 0 spiro atoms. The van der Waals surface area contributed by atoms with E-state index in [-0.39, 0.29) is 23.7 Å². The van der Waals surface area contributed by atoms with Crippen LogP contribution < -0.4 is 4.74 Å². The number of aliphatic hydroxyl groups is 1. The molecule has 1 aliphatic heterocycles. The average Bonchev–Trinajstić information content (AvgIpc) is 2.87. The lowest BCUT2D eigenvalue weighted by Gasteiger charge is -2.47. The summed E-state index contributed by atoms with van der Waals surface area (Å²) in [6.45, 7) is 1.21. The summed E-state index contributed by atoms with van der Waals surface area (Å²) >= 11 is 0. The number of aromatic nitrogens is 1. The number of halogens is 2. The van der Waals surface area contributed by atoms with Gasteiger partial charge in [0.1, 0.15) is 17.4 Å². The molecule has 1 aromatic heterocycles. The molecule has 196 valence electrons. The van der Waals surface area contributed by atoms with Crippen molar-refractivity contribution in [1.29, 1.82) is 0 Å². The Morgan fingerprint density at radius 3 is 2.76 bits per heavy atom. The minimum absolute atomic E-state index is 0.0364. The zero-order valence-corrected chi connectivity index (χ0v) is 20.8. The number of piperidine rings is 1. The first-order valence-corrected chi connectivity index (χ1v) is 12.9. The molecule has 2 heterocycles. The van der Waals surface area contributed by atoms with Gasteiger partial charge in [-0.3, -0.25) is 14.7 Å². The second-order valence-corrected chi connectivity index (χ2v) is 10.4. The van der Waals surface area contributed by atoms with E-state index in [0.29, 0.717) is 43.5 Å². The normalized spacial score (nSPS) is 25.0. The van der Waals surface area contributed by atoms with Crippen LogP contribution in [0.1, 0.15) is 55.3 Å². The van der Waals surface area contributed by atoms with Crippen LogP contribution in [0.25, 0.3) is 10.9 Å². The molecule has 2 N–H and O–H groups in total.